The minimum absolute atomic E-state index is 0.667. The van der Waals surface area contributed by atoms with Crippen molar-refractivity contribution in [3.05, 3.63) is 51.3 Å². The molecule has 0 aliphatic rings. The topological polar surface area (TPSA) is 38.1 Å². The van der Waals surface area contributed by atoms with E-state index in [-0.39, 0.29) is 0 Å². The molecule has 2 aromatic rings. The van der Waals surface area contributed by atoms with E-state index < -0.39 is 0 Å². The fourth-order valence-electron chi connectivity index (χ4n) is 1.31. The molecule has 0 saturated carbocycles. The molecule has 2 rings (SSSR count). The first-order chi connectivity index (χ1) is 7.75. The average molecular weight is 302 g/mol. The molecule has 1 aromatic heterocycles. The second-order valence-electron chi connectivity index (χ2n) is 3.33. The molecule has 0 bridgehead atoms. The molecule has 0 spiro atoms. The lowest BCUT2D eigenvalue weighted by Gasteiger charge is -2.04. The van der Waals surface area contributed by atoms with Gasteiger partial charge in [0.1, 0.15) is 5.76 Å². The molecule has 1 aromatic carbocycles. The summed E-state index contributed by atoms with van der Waals surface area (Å²) in [5.74, 6) is 0.827. The standard InChI is InChI=1S/C11H10BrClN2O/c12-10-5-8(1-2-11(10)13)6-14-7-9-3-4-15-16-9/h1-5,14H,6-7H2. The Morgan fingerprint density at radius 3 is 2.88 bits per heavy atom. The first-order valence-corrected chi connectivity index (χ1v) is 5.97. The van der Waals surface area contributed by atoms with Crippen molar-refractivity contribution in [2.75, 3.05) is 0 Å². The van der Waals surface area contributed by atoms with Gasteiger partial charge < -0.3 is 9.84 Å². The Labute approximate surface area is 107 Å². The molecule has 0 atom stereocenters. The summed E-state index contributed by atoms with van der Waals surface area (Å²) in [6.45, 7) is 1.43. The summed E-state index contributed by atoms with van der Waals surface area (Å²) in [7, 11) is 0. The molecule has 0 unspecified atom stereocenters. The first kappa shape index (κ1) is 11.6. The molecule has 5 heteroatoms. The molecule has 1 heterocycles. The predicted molar refractivity (Wildman–Crippen MR) is 66.2 cm³/mol. The van der Waals surface area contributed by atoms with Crippen LogP contribution in [-0.2, 0) is 13.1 Å². The van der Waals surface area contributed by atoms with Crippen LogP contribution in [0.1, 0.15) is 11.3 Å². The molecule has 0 amide bonds. The van der Waals surface area contributed by atoms with Crippen LogP contribution in [0.15, 0.2) is 39.5 Å². The van der Waals surface area contributed by atoms with E-state index in [4.69, 9.17) is 16.1 Å². The van der Waals surface area contributed by atoms with Crippen LogP contribution in [0.25, 0.3) is 0 Å². The molecule has 84 valence electrons. The van der Waals surface area contributed by atoms with E-state index in [0.717, 1.165) is 27.4 Å². The monoisotopic (exact) mass is 300 g/mol. The zero-order chi connectivity index (χ0) is 11.4. The van der Waals surface area contributed by atoms with Gasteiger partial charge in [-0.25, -0.2) is 0 Å². The number of rotatable bonds is 4. The van der Waals surface area contributed by atoms with Crippen LogP contribution in [0.3, 0.4) is 0 Å². The van der Waals surface area contributed by atoms with Crippen molar-refractivity contribution in [2.24, 2.45) is 0 Å². The lowest BCUT2D eigenvalue weighted by Crippen LogP contribution is -2.12. The zero-order valence-corrected chi connectivity index (χ0v) is 10.8. The van der Waals surface area contributed by atoms with Gasteiger partial charge in [-0.15, -0.1) is 0 Å². The van der Waals surface area contributed by atoms with Crippen molar-refractivity contribution in [2.45, 2.75) is 13.1 Å². The number of hydrogen-bond acceptors (Lipinski definition) is 3. The second-order valence-corrected chi connectivity index (χ2v) is 4.59. The maximum absolute atomic E-state index is 5.91. The third-order valence-electron chi connectivity index (χ3n) is 2.10. The Morgan fingerprint density at radius 1 is 1.31 bits per heavy atom. The minimum atomic E-state index is 0.667. The van der Waals surface area contributed by atoms with Crippen LogP contribution >= 0.6 is 27.5 Å². The summed E-state index contributed by atoms with van der Waals surface area (Å²) in [5.41, 5.74) is 1.16. The maximum Gasteiger partial charge on any atom is 0.150 e. The van der Waals surface area contributed by atoms with Crippen molar-refractivity contribution in [1.29, 1.82) is 0 Å². The number of benzene rings is 1. The molecule has 0 fully saturated rings. The van der Waals surface area contributed by atoms with Gasteiger partial charge in [0, 0.05) is 17.1 Å². The first-order valence-electron chi connectivity index (χ1n) is 4.80. The Bertz CT molecular complexity index is 459. The fraction of sp³-hybridized carbons (Fsp3) is 0.182. The predicted octanol–water partition coefficient (Wildman–Crippen LogP) is 3.38. The minimum Gasteiger partial charge on any atom is -0.360 e. The Morgan fingerprint density at radius 2 is 2.19 bits per heavy atom. The number of aromatic nitrogens is 1. The van der Waals surface area contributed by atoms with Gasteiger partial charge in [0.05, 0.1) is 17.8 Å². The summed E-state index contributed by atoms with van der Waals surface area (Å²) in [5, 5.41) is 7.61. The molecule has 3 nitrogen and oxygen atoms in total. The summed E-state index contributed by atoms with van der Waals surface area (Å²) in [6.07, 6.45) is 1.63. The summed E-state index contributed by atoms with van der Waals surface area (Å²) in [4.78, 5) is 0. The van der Waals surface area contributed by atoms with E-state index >= 15 is 0 Å². The molecule has 0 aliphatic carbocycles. The summed E-state index contributed by atoms with van der Waals surface area (Å²) >= 11 is 9.29. The van der Waals surface area contributed by atoms with Crippen LogP contribution in [0.2, 0.25) is 5.02 Å². The van der Waals surface area contributed by atoms with Crippen molar-refractivity contribution >= 4 is 27.5 Å². The number of hydrogen-bond donors (Lipinski definition) is 1. The second kappa shape index (κ2) is 5.48. The van der Waals surface area contributed by atoms with Gasteiger partial charge in [0.25, 0.3) is 0 Å². The Hall–Kier alpha value is -0.840. The number of halogens is 2. The third kappa shape index (κ3) is 3.07. The van der Waals surface area contributed by atoms with E-state index in [2.05, 4.69) is 26.4 Å². The summed E-state index contributed by atoms with van der Waals surface area (Å²) in [6, 6.07) is 7.69. The SMILES string of the molecule is Clc1ccc(CNCc2ccno2)cc1Br. The van der Waals surface area contributed by atoms with Crippen LogP contribution in [0.4, 0.5) is 0 Å². The van der Waals surface area contributed by atoms with Gasteiger partial charge in [-0.1, -0.05) is 22.8 Å². The molecule has 16 heavy (non-hydrogen) atoms. The molecule has 1 N–H and O–H groups in total. The van der Waals surface area contributed by atoms with Crippen molar-refractivity contribution in [1.82, 2.24) is 10.5 Å². The van der Waals surface area contributed by atoms with Crippen LogP contribution < -0.4 is 5.32 Å². The zero-order valence-electron chi connectivity index (χ0n) is 8.41. The van der Waals surface area contributed by atoms with Gasteiger partial charge >= 0.3 is 0 Å². The lowest BCUT2D eigenvalue weighted by molar-refractivity contribution is 0.373. The fourth-order valence-corrected chi connectivity index (χ4v) is 1.86. The highest BCUT2D eigenvalue weighted by atomic mass is 79.9. The van der Waals surface area contributed by atoms with E-state index in [0.29, 0.717) is 6.54 Å². The van der Waals surface area contributed by atoms with Crippen LogP contribution in [0.5, 0.6) is 0 Å². The van der Waals surface area contributed by atoms with Crippen LogP contribution in [-0.4, -0.2) is 5.16 Å². The third-order valence-corrected chi connectivity index (χ3v) is 3.32. The van der Waals surface area contributed by atoms with Gasteiger partial charge in [-0.2, -0.15) is 0 Å². The van der Waals surface area contributed by atoms with E-state index in [1.165, 1.54) is 0 Å². The largest absolute Gasteiger partial charge is 0.360 e. The van der Waals surface area contributed by atoms with Crippen LogP contribution in [0, 0.1) is 0 Å². The maximum atomic E-state index is 5.91. The van der Waals surface area contributed by atoms with E-state index in [1.807, 2.05) is 24.3 Å². The smallest absolute Gasteiger partial charge is 0.150 e. The van der Waals surface area contributed by atoms with Crippen molar-refractivity contribution in [3.63, 3.8) is 0 Å². The van der Waals surface area contributed by atoms with Gasteiger partial charge in [0.15, 0.2) is 0 Å². The molecule has 0 aliphatic heterocycles. The Kier molecular flexibility index (Phi) is 3.98. The van der Waals surface area contributed by atoms with Crippen molar-refractivity contribution in [3.8, 4) is 0 Å². The van der Waals surface area contributed by atoms with Gasteiger partial charge in [-0.3, -0.25) is 0 Å². The Balaban J connectivity index is 1.87. The van der Waals surface area contributed by atoms with Gasteiger partial charge in [0.2, 0.25) is 0 Å². The average Bonchev–Trinajstić information content (AvgIpc) is 2.76. The van der Waals surface area contributed by atoms with Crippen molar-refractivity contribution < 1.29 is 4.52 Å². The quantitative estimate of drug-likeness (QED) is 0.941. The molecule has 0 saturated heterocycles. The highest BCUT2D eigenvalue weighted by Crippen LogP contribution is 2.23. The molecule has 0 radical (unpaired) electrons. The van der Waals surface area contributed by atoms with E-state index in [9.17, 15) is 0 Å². The summed E-state index contributed by atoms with van der Waals surface area (Å²) < 4.78 is 5.88. The molecular weight excluding hydrogens is 291 g/mol. The number of nitrogens with one attached hydrogen (secondary N) is 1. The lowest BCUT2D eigenvalue weighted by atomic mass is 10.2. The highest BCUT2D eigenvalue weighted by Gasteiger charge is 2.00. The molecular formula is C11H10BrClN2O. The van der Waals surface area contributed by atoms with Gasteiger partial charge in [-0.05, 0) is 33.6 Å². The van der Waals surface area contributed by atoms with E-state index in [1.54, 1.807) is 6.20 Å². The normalized spacial score (nSPS) is 10.6. The number of nitrogens with zero attached hydrogens (tertiary/aromatic N) is 1. The highest BCUT2D eigenvalue weighted by molar-refractivity contribution is 9.10.